The molecule has 4 rings (SSSR count). The van der Waals surface area contributed by atoms with Gasteiger partial charge < -0.3 is 30.3 Å². The minimum absolute atomic E-state index is 0.00687. The molecule has 37 heavy (non-hydrogen) atoms. The van der Waals surface area contributed by atoms with Crippen molar-refractivity contribution in [1.29, 1.82) is 0 Å². The number of nitrogens with zero attached hydrogens (tertiary/aromatic N) is 4. The number of fused-ring (bicyclic) bond motifs is 1. The van der Waals surface area contributed by atoms with Gasteiger partial charge in [0.1, 0.15) is 11.6 Å². The summed E-state index contributed by atoms with van der Waals surface area (Å²) in [5, 5.41) is 3.59. The van der Waals surface area contributed by atoms with Crippen molar-refractivity contribution >= 4 is 28.5 Å². The Morgan fingerprint density at radius 1 is 1.16 bits per heavy atom. The molecular formula is C25H29F3N6O3. The maximum Gasteiger partial charge on any atom is 0.416 e. The predicted octanol–water partition coefficient (Wildman–Crippen LogP) is 4.29. The number of rotatable bonds is 5. The van der Waals surface area contributed by atoms with Gasteiger partial charge in [-0.05, 0) is 50.7 Å². The number of alkyl halides is 3. The van der Waals surface area contributed by atoms with Gasteiger partial charge in [-0.3, -0.25) is 0 Å². The van der Waals surface area contributed by atoms with Gasteiger partial charge in [-0.25, -0.2) is 14.8 Å². The first-order valence-electron chi connectivity index (χ1n) is 11.7. The number of piperazine rings is 1. The van der Waals surface area contributed by atoms with Gasteiger partial charge in [0.2, 0.25) is 0 Å². The van der Waals surface area contributed by atoms with E-state index in [4.69, 9.17) is 15.2 Å². The van der Waals surface area contributed by atoms with E-state index in [0.717, 1.165) is 25.2 Å². The van der Waals surface area contributed by atoms with Crippen LogP contribution in [0, 0.1) is 6.92 Å². The van der Waals surface area contributed by atoms with Gasteiger partial charge in [0, 0.05) is 49.4 Å². The molecule has 12 heteroatoms. The fourth-order valence-corrected chi connectivity index (χ4v) is 4.36. The van der Waals surface area contributed by atoms with E-state index in [9.17, 15) is 18.0 Å². The summed E-state index contributed by atoms with van der Waals surface area (Å²) in [6, 6.07) is 6.59. The molecule has 2 aromatic carbocycles. The number of likely N-dealkylation sites (N-methyl/N-ethyl adjacent to an activating group) is 1. The lowest BCUT2D eigenvalue weighted by Gasteiger charge is -2.37. The highest BCUT2D eigenvalue weighted by Crippen LogP contribution is 2.36. The first-order chi connectivity index (χ1) is 17.4. The van der Waals surface area contributed by atoms with Crippen molar-refractivity contribution in [2.75, 3.05) is 44.8 Å². The quantitative estimate of drug-likeness (QED) is 0.482. The van der Waals surface area contributed by atoms with E-state index >= 15 is 0 Å². The van der Waals surface area contributed by atoms with Crippen LogP contribution < -0.4 is 20.5 Å². The highest BCUT2D eigenvalue weighted by atomic mass is 19.4. The molecule has 3 N–H and O–H groups in total. The number of nitrogens with two attached hydrogens (primary N) is 1. The van der Waals surface area contributed by atoms with Crippen LogP contribution in [0.5, 0.6) is 11.5 Å². The number of nitrogens with one attached hydrogen (secondary N) is 1. The first-order valence-corrected chi connectivity index (χ1v) is 11.7. The van der Waals surface area contributed by atoms with Gasteiger partial charge in [0.05, 0.1) is 18.2 Å². The minimum Gasteiger partial charge on any atom is -0.493 e. The fourth-order valence-electron chi connectivity index (χ4n) is 4.36. The predicted molar refractivity (Wildman–Crippen MR) is 134 cm³/mol. The van der Waals surface area contributed by atoms with Crippen molar-refractivity contribution in [1.82, 2.24) is 19.8 Å². The second kappa shape index (κ2) is 10.3. The molecule has 9 nitrogen and oxygen atoms in total. The molecule has 1 unspecified atom stereocenters. The lowest BCUT2D eigenvalue weighted by molar-refractivity contribution is -0.137. The molecule has 0 bridgehead atoms. The smallest absolute Gasteiger partial charge is 0.416 e. The van der Waals surface area contributed by atoms with Crippen LogP contribution in [0.1, 0.15) is 23.9 Å². The molecule has 1 saturated heterocycles. The summed E-state index contributed by atoms with van der Waals surface area (Å²) in [5.41, 5.74) is 5.72. The van der Waals surface area contributed by atoms with E-state index < -0.39 is 17.8 Å². The molecule has 1 aliphatic heterocycles. The van der Waals surface area contributed by atoms with Crippen LogP contribution in [0.15, 0.2) is 30.3 Å². The Morgan fingerprint density at radius 2 is 1.92 bits per heavy atom. The normalized spacial score (nSPS) is 16.6. The number of ether oxygens (including phenoxy) is 2. The van der Waals surface area contributed by atoms with Gasteiger partial charge in [-0.15, -0.1) is 0 Å². The Bertz CT molecular complexity index is 1320. The van der Waals surface area contributed by atoms with Crippen molar-refractivity contribution in [3.8, 4) is 11.5 Å². The van der Waals surface area contributed by atoms with Crippen molar-refractivity contribution in [3.05, 3.63) is 47.3 Å². The third kappa shape index (κ3) is 5.96. The van der Waals surface area contributed by atoms with Crippen molar-refractivity contribution < 1.29 is 27.4 Å². The highest BCUT2D eigenvalue weighted by molar-refractivity contribution is 5.92. The molecule has 3 aromatic rings. The number of hydrogen-bond acceptors (Lipinski definition) is 8. The Kier molecular flexibility index (Phi) is 7.30. The molecule has 1 amide bonds. The average Bonchev–Trinajstić information content (AvgIpc) is 2.81. The summed E-state index contributed by atoms with van der Waals surface area (Å²) in [4.78, 5) is 25.6. The van der Waals surface area contributed by atoms with Crippen molar-refractivity contribution in [2.24, 2.45) is 0 Å². The number of carbonyl (C=O) groups is 1. The zero-order valence-electron chi connectivity index (χ0n) is 21.0. The topological polar surface area (TPSA) is 106 Å². The Balaban J connectivity index is 1.64. The summed E-state index contributed by atoms with van der Waals surface area (Å²) in [6.07, 6.45) is -5.01. The van der Waals surface area contributed by atoms with Gasteiger partial charge in [-0.1, -0.05) is 0 Å². The summed E-state index contributed by atoms with van der Waals surface area (Å²) in [6.45, 7) is 5.66. The van der Waals surface area contributed by atoms with Crippen LogP contribution in [0.4, 0.5) is 29.5 Å². The number of carbonyl (C=O) groups excluding carboxylic acids is 1. The Labute approximate surface area is 212 Å². The highest BCUT2D eigenvalue weighted by Gasteiger charge is 2.31. The largest absolute Gasteiger partial charge is 0.493 e. The van der Waals surface area contributed by atoms with Gasteiger partial charge in [0.25, 0.3) is 0 Å². The molecule has 1 atom stereocenters. The standard InChI is InChI=1S/C25H29F3N6O3/c1-14-13-33(3)5-6-34(14)24(35)37-22-10-19-20(11-21(22)36-4)31-15(2)32-23(19)30-12-16-7-17(25(26,27)28)9-18(29)8-16/h7-11,14H,5-6,12-13,29H2,1-4H3,(H,30,31,32). The van der Waals surface area contributed by atoms with Gasteiger partial charge in [-0.2, -0.15) is 13.2 Å². The van der Waals surface area contributed by atoms with E-state index in [1.807, 2.05) is 14.0 Å². The minimum atomic E-state index is -4.51. The number of benzene rings is 2. The zero-order chi connectivity index (χ0) is 26.9. The van der Waals surface area contributed by atoms with Crippen molar-refractivity contribution in [2.45, 2.75) is 32.6 Å². The Hall–Kier alpha value is -3.80. The lowest BCUT2D eigenvalue weighted by atomic mass is 10.1. The molecular weight excluding hydrogens is 489 g/mol. The van der Waals surface area contributed by atoms with Gasteiger partial charge >= 0.3 is 12.3 Å². The number of aryl methyl sites for hydroxylation is 1. The Morgan fingerprint density at radius 3 is 2.59 bits per heavy atom. The molecule has 1 fully saturated rings. The van der Waals surface area contributed by atoms with E-state index in [-0.39, 0.29) is 24.0 Å². The summed E-state index contributed by atoms with van der Waals surface area (Å²) in [7, 11) is 3.46. The number of hydrogen-bond donors (Lipinski definition) is 2. The maximum absolute atomic E-state index is 13.2. The molecule has 198 valence electrons. The summed E-state index contributed by atoms with van der Waals surface area (Å²) >= 11 is 0. The molecule has 2 heterocycles. The van der Waals surface area contributed by atoms with Gasteiger partial charge in [0.15, 0.2) is 11.5 Å². The number of aromatic nitrogens is 2. The zero-order valence-corrected chi connectivity index (χ0v) is 21.0. The van der Waals surface area contributed by atoms with Crippen LogP contribution in [0.2, 0.25) is 0 Å². The number of nitrogen functional groups attached to an aromatic ring is 1. The second-order valence-corrected chi connectivity index (χ2v) is 9.13. The monoisotopic (exact) mass is 518 g/mol. The number of amides is 1. The molecule has 0 spiro atoms. The van der Waals surface area contributed by atoms with E-state index in [1.165, 1.54) is 13.2 Å². The lowest BCUT2D eigenvalue weighted by Crippen LogP contribution is -2.53. The third-order valence-electron chi connectivity index (χ3n) is 6.16. The molecule has 0 radical (unpaired) electrons. The molecule has 0 aliphatic carbocycles. The van der Waals surface area contributed by atoms with Crippen LogP contribution in [-0.4, -0.2) is 65.7 Å². The van der Waals surface area contributed by atoms with Crippen molar-refractivity contribution in [3.63, 3.8) is 0 Å². The number of anilines is 2. The molecule has 1 aromatic heterocycles. The number of halogens is 3. The van der Waals surface area contributed by atoms with E-state index in [1.54, 1.807) is 24.0 Å². The van der Waals surface area contributed by atoms with Crippen LogP contribution >= 0.6 is 0 Å². The summed E-state index contributed by atoms with van der Waals surface area (Å²) < 4.78 is 50.8. The van der Waals surface area contributed by atoms with Crippen LogP contribution in [0.3, 0.4) is 0 Å². The van der Waals surface area contributed by atoms with Crippen LogP contribution in [-0.2, 0) is 12.7 Å². The fraction of sp³-hybridized carbons (Fsp3) is 0.400. The summed E-state index contributed by atoms with van der Waals surface area (Å²) in [5.74, 6) is 1.31. The average molecular weight is 519 g/mol. The third-order valence-corrected chi connectivity index (χ3v) is 6.16. The first kappa shape index (κ1) is 26.3. The maximum atomic E-state index is 13.2. The number of methoxy groups -OCH3 is 1. The molecule has 1 aliphatic rings. The van der Waals surface area contributed by atoms with Crippen LogP contribution in [0.25, 0.3) is 10.9 Å². The van der Waals surface area contributed by atoms with E-state index in [0.29, 0.717) is 40.4 Å². The van der Waals surface area contributed by atoms with E-state index in [2.05, 4.69) is 20.2 Å². The SMILES string of the molecule is COc1cc2nc(C)nc(NCc3cc(N)cc(C(F)(F)F)c3)c2cc1OC(=O)N1CCN(C)CC1C. The second-order valence-electron chi connectivity index (χ2n) is 9.13. The molecule has 0 saturated carbocycles.